The Kier molecular flexibility index (Phi) is 4.82. The number of ether oxygens (including phenoxy) is 2. The van der Waals surface area contributed by atoms with Gasteiger partial charge in [0.1, 0.15) is 17.6 Å². The number of hydrogen-bond acceptors (Lipinski definition) is 3. The van der Waals surface area contributed by atoms with Crippen LogP contribution >= 0.6 is 0 Å². The first-order chi connectivity index (χ1) is 12.4. The molecule has 0 fully saturated rings. The average molecular weight is 349 g/mol. The van der Waals surface area contributed by atoms with Crippen LogP contribution in [0.5, 0.6) is 11.5 Å². The third-order valence-corrected chi connectivity index (χ3v) is 4.73. The second kappa shape index (κ2) is 6.91. The van der Waals surface area contributed by atoms with Crippen molar-refractivity contribution in [1.82, 2.24) is 5.32 Å². The molecule has 0 bridgehead atoms. The Morgan fingerprint density at radius 3 is 2.73 bits per heavy atom. The summed E-state index contributed by atoms with van der Waals surface area (Å²) in [6.45, 7) is 14.4. The first kappa shape index (κ1) is 18.1. The molecule has 2 heterocycles. The van der Waals surface area contributed by atoms with Gasteiger partial charge in [-0.25, -0.2) is 0 Å². The molecule has 2 aliphatic rings. The molecule has 1 N–H and O–H groups in total. The van der Waals surface area contributed by atoms with Gasteiger partial charge in [-0.3, -0.25) is 0 Å². The molecule has 136 valence electrons. The third-order valence-electron chi connectivity index (χ3n) is 4.73. The second-order valence-corrected chi connectivity index (χ2v) is 7.27. The second-order valence-electron chi connectivity index (χ2n) is 7.27. The van der Waals surface area contributed by atoms with Crippen LogP contribution in [0.3, 0.4) is 0 Å². The lowest BCUT2D eigenvalue weighted by Gasteiger charge is -2.36. The van der Waals surface area contributed by atoms with E-state index in [9.17, 15) is 0 Å². The number of nitrogens with one attached hydrogen (secondary N) is 1. The minimum absolute atomic E-state index is 0.0941. The zero-order valence-electron chi connectivity index (χ0n) is 16.1. The molecule has 2 aliphatic heterocycles. The Bertz CT molecular complexity index is 840. The van der Waals surface area contributed by atoms with Gasteiger partial charge in [0, 0.05) is 23.3 Å². The van der Waals surface area contributed by atoms with E-state index in [-0.39, 0.29) is 11.6 Å². The fourth-order valence-corrected chi connectivity index (χ4v) is 3.78. The molecule has 3 rings (SSSR count). The molecule has 1 aromatic rings. The normalized spacial score (nSPS) is 20.8. The van der Waals surface area contributed by atoms with Crippen molar-refractivity contribution in [1.29, 1.82) is 0 Å². The Balaban J connectivity index is 2.20. The standard InChI is InChI=1S/C23H27NO2/c1-7-10-20-17(13-16-19(25-6)11-9-12-21(16)26-20)22-15(3)14-23(4,5)24-18(22)8-2/h7-9,11-14,20,24H,1-2,10H2,3-6H3. The van der Waals surface area contributed by atoms with Gasteiger partial charge >= 0.3 is 0 Å². The Morgan fingerprint density at radius 2 is 2.08 bits per heavy atom. The van der Waals surface area contributed by atoms with Crippen LogP contribution in [0.2, 0.25) is 0 Å². The molecule has 3 heteroatoms. The third kappa shape index (κ3) is 3.22. The van der Waals surface area contributed by atoms with Crippen molar-refractivity contribution in [2.45, 2.75) is 38.8 Å². The topological polar surface area (TPSA) is 30.5 Å². The van der Waals surface area contributed by atoms with E-state index in [1.807, 2.05) is 30.4 Å². The van der Waals surface area contributed by atoms with Crippen molar-refractivity contribution in [2.75, 3.05) is 7.11 Å². The summed E-state index contributed by atoms with van der Waals surface area (Å²) in [5.74, 6) is 1.65. The van der Waals surface area contributed by atoms with Crippen LogP contribution in [0.15, 0.2) is 72.0 Å². The van der Waals surface area contributed by atoms with Crippen molar-refractivity contribution in [3.8, 4) is 11.5 Å². The largest absolute Gasteiger partial charge is 0.496 e. The van der Waals surface area contributed by atoms with Gasteiger partial charge in [0.2, 0.25) is 0 Å². The molecule has 0 spiro atoms. The molecule has 0 amide bonds. The van der Waals surface area contributed by atoms with E-state index in [1.54, 1.807) is 7.11 Å². The van der Waals surface area contributed by atoms with Crippen LogP contribution < -0.4 is 14.8 Å². The number of hydrogen-bond donors (Lipinski definition) is 1. The van der Waals surface area contributed by atoms with Gasteiger partial charge in [-0.05, 0) is 50.6 Å². The van der Waals surface area contributed by atoms with Crippen molar-refractivity contribution < 1.29 is 9.47 Å². The zero-order chi connectivity index (χ0) is 18.9. The van der Waals surface area contributed by atoms with Crippen LogP contribution in [0.4, 0.5) is 0 Å². The van der Waals surface area contributed by atoms with Crippen molar-refractivity contribution in [2.24, 2.45) is 0 Å². The predicted molar refractivity (Wildman–Crippen MR) is 108 cm³/mol. The summed E-state index contributed by atoms with van der Waals surface area (Å²) in [5.41, 5.74) is 5.36. The fraction of sp³-hybridized carbons (Fsp3) is 0.304. The number of allylic oxidation sites excluding steroid dienone is 2. The minimum atomic E-state index is -0.114. The SMILES string of the molecule is C=CCC1Oc2cccc(OC)c2C=C1C1=C(C=C)NC(C)(C)C=C1C. The molecule has 0 saturated heterocycles. The molecule has 3 nitrogen and oxygen atoms in total. The van der Waals surface area contributed by atoms with E-state index in [0.29, 0.717) is 0 Å². The molecule has 0 radical (unpaired) electrons. The van der Waals surface area contributed by atoms with Crippen LogP contribution in [0.25, 0.3) is 6.08 Å². The summed E-state index contributed by atoms with van der Waals surface area (Å²) >= 11 is 0. The first-order valence-corrected chi connectivity index (χ1v) is 8.91. The highest BCUT2D eigenvalue weighted by Crippen LogP contribution is 2.42. The summed E-state index contributed by atoms with van der Waals surface area (Å²) in [5, 5.41) is 3.57. The van der Waals surface area contributed by atoms with E-state index >= 15 is 0 Å². The number of rotatable bonds is 5. The highest BCUT2D eigenvalue weighted by Gasteiger charge is 2.31. The summed E-state index contributed by atoms with van der Waals surface area (Å²) in [4.78, 5) is 0. The van der Waals surface area contributed by atoms with E-state index in [1.165, 1.54) is 5.57 Å². The van der Waals surface area contributed by atoms with Crippen LogP contribution in [0.1, 0.15) is 32.8 Å². The molecule has 0 saturated carbocycles. The van der Waals surface area contributed by atoms with E-state index in [2.05, 4.69) is 51.4 Å². The van der Waals surface area contributed by atoms with Crippen LogP contribution in [-0.2, 0) is 0 Å². The molecule has 1 aromatic carbocycles. The summed E-state index contributed by atoms with van der Waals surface area (Å²) in [6, 6.07) is 5.89. The number of dihydropyridines is 1. The zero-order valence-corrected chi connectivity index (χ0v) is 16.1. The van der Waals surface area contributed by atoms with Crippen LogP contribution in [0, 0.1) is 0 Å². The lowest BCUT2D eigenvalue weighted by atomic mass is 9.83. The van der Waals surface area contributed by atoms with Crippen molar-refractivity contribution in [3.63, 3.8) is 0 Å². The maximum atomic E-state index is 6.33. The van der Waals surface area contributed by atoms with Gasteiger partial charge in [0.15, 0.2) is 0 Å². The monoisotopic (exact) mass is 349 g/mol. The molecule has 1 unspecified atom stereocenters. The highest BCUT2D eigenvalue weighted by molar-refractivity contribution is 5.75. The average Bonchev–Trinajstić information content (AvgIpc) is 2.59. The number of methoxy groups -OCH3 is 1. The molecule has 0 aromatic heterocycles. The smallest absolute Gasteiger partial charge is 0.131 e. The number of fused-ring (bicyclic) bond motifs is 1. The maximum Gasteiger partial charge on any atom is 0.131 e. The summed E-state index contributed by atoms with van der Waals surface area (Å²) < 4.78 is 11.9. The Labute approximate surface area is 156 Å². The van der Waals surface area contributed by atoms with Gasteiger partial charge in [-0.2, -0.15) is 0 Å². The Hall–Kier alpha value is -2.68. The Morgan fingerprint density at radius 1 is 1.31 bits per heavy atom. The molecule has 26 heavy (non-hydrogen) atoms. The van der Waals surface area contributed by atoms with Crippen molar-refractivity contribution >= 4 is 6.08 Å². The van der Waals surface area contributed by atoms with Gasteiger partial charge in [0.25, 0.3) is 0 Å². The lowest BCUT2D eigenvalue weighted by Crippen LogP contribution is -2.40. The minimum Gasteiger partial charge on any atom is -0.496 e. The van der Waals surface area contributed by atoms with Gasteiger partial charge in [0.05, 0.1) is 18.2 Å². The van der Waals surface area contributed by atoms with E-state index < -0.39 is 0 Å². The maximum absolute atomic E-state index is 6.33. The van der Waals surface area contributed by atoms with Gasteiger partial charge in [-0.1, -0.05) is 24.8 Å². The molecular formula is C23H27NO2. The highest BCUT2D eigenvalue weighted by atomic mass is 16.5. The molecular weight excluding hydrogens is 322 g/mol. The summed E-state index contributed by atoms with van der Waals surface area (Å²) in [6.07, 6.45) is 8.85. The van der Waals surface area contributed by atoms with Crippen LogP contribution in [-0.4, -0.2) is 18.8 Å². The number of benzene rings is 1. The first-order valence-electron chi connectivity index (χ1n) is 8.91. The predicted octanol–water partition coefficient (Wildman–Crippen LogP) is 5.18. The lowest BCUT2D eigenvalue weighted by molar-refractivity contribution is 0.237. The molecule has 1 atom stereocenters. The van der Waals surface area contributed by atoms with Gasteiger partial charge in [-0.15, -0.1) is 6.58 Å². The molecule has 0 aliphatic carbocycles. The fourth-order valence-electron chi connectivity index (χ4n) is 3.78. The van der Waals surface area contributed by atoms with E-state index in [4.69, 9.17) is 9.47 Å². The van der Waals surface area contributed by atoms with Crippen molar-refractivity contribution in [3.05, 3.63) is 77.6 Å². The summed E-state index contributed by atoms with van der Waals surface area (Å²) in [7, 11) is 1.68. The van der Waals surface area contributed by atoms with E-state index in [0.717, 1.165) is 40.3 Å². The van der Waals surface area contributed by atoms with Gasteiger partial charge < -0.3 is 14.8 Å². The quantitative estimate of drug-likeness (QED) is 0.743.